The third-order valence-electron chi connectivity index (χ3n) is 4.50. The molecule has 0 saturated carbocycles. The van der Waals surface area contributed by atoms with Crippen LogP contribution in [0.4, 0.5) is 5.82 Å². The topological polar surface area (TPSA) is 58.3 Å². The van der Waals surface area contributed by atoms with Gasteiger partial charge in [0.1, 0.15) is 5.82 Å². The zero-order valence-electron chi connectivity index (χ0n) is 14.3. The fourth-order valence-corrected chi connectivity index (χ4v) is 2.96. The summed E-state index contributed by atoms with van der Waals surface area (Å²) in [5.74, 6) is 2.20. The van der Waals surface area contributed by atoms with Crippen molar-refractivity contribution in [3.8, 4) is 11.5 Å². The number of anilines is 1. The molecule has 0 amide bonds. The second-order valence-electron chi connectivity index (χ2n) is 6.37. The number of nitrogens with zero attached hydrogens (tertiary/aromatic N) is 5. The lowest BCUT2D eigenvalue weighted by atomic mass is 10.1. The molecule has 4 rings (SSSR count). The molecule has 3 heterocycles. The van der Waals surface area contributed by atoms with Crippen molar-refractivity contribution in [1.29, 1.82) is 0 Å². The Morgan fingerprint density at radius 1 is 1.00 bits per heavy atom. The lowest BCUT2D eigenvalue weighted by molar-refractivity contribution is 0.312. The summed E-state index contributed by atoms with van der Waals surface area (Å²) in [7, 11) is 2.15. The molecule has 1 aliphatic heterocycles. The maximum Gasteiger partial charge on any atom is 0.259 e. The Morgan fingerprint density at radius 3 is 2.52 bits per heavy atom. The van der Waals surface area contributed by atoms with Crippen molar-refractivity contribution in [2.24, 2.45) is 0 Å². The van der Waals surface area contributed by atoms with Gasteiger partial charge in [0.25, 0.3) is 5.89 Å². The second-order valence-corrected chi connectivity index (χ2v) is 6.37. The van der Waals surface area contributed by atoms with Crippen molar-refractivity contribution in [2.75, 3.05) is 38.1 Å². The summed E-state index contributed by atoms with van der Waals surface area (Å²) < 4.78 is 5.40. The van der Waals surface area contributed by atoms with E-state index in [1.54, 1.807) is 0 Å². The van der Waals surface area contributed by atoms with Gasteiger partial charge in [-0.1, -0.05) is 35.5 Å². The zero-order valence-corrected chi connectivity index (χ0v) is 14.3. The Bertz CT molecular complexity index is 807. The molecular weight excluding hydrogens is 314 g/mol. The Hall–Kier alpha value is -2.73. The lowest BCUT2D eigenvalue weighted by Crippen LogP contribution is -2.44. The predicted octanol–water partition coefficient (Wildman–Crippen LogP) is 2.47. The molecule has 25 heavy (non-hydrogen) atoms. The van der Waals surface area contributed by atoms with Crippen LogP contribution in [0, 0.1) is 0 Å². The summed E-state index contributed by atoms with van der Waals surface area (Å²) in [6, 6.07) is 14.2. The first-order valence-corrected chi connectivity index (χ1v) is 8.54. The van der Waals surface area contributed by atoms with Crippen LogP contribution in [0.1, 0.15) is 11.4 Å². The molecule has 128 valence electrons. The van der Waals surface area contributed by atoms with Crippen molar-refractivity contribution in [3.05, 3.63) is 60.0 Å². The Kier molecular flexibility index (Phi) is 4.43. The van der Waals surface area contributed by atoms with Crippen LogP contribution >= 0.6 is 0 Å². The summed E-state index contributed by atoms with van der Waals surface area (Å²) in [5.41, 5.74) is 2.02. The number of likely N-dealkylation sites (N-methyl/N-ethyl adjacent to an activating group) is 1. The van der Waals surface area contributed by atoms with Gasteiger partial charge in [0.05, 0.1) is 5.56 Å². The van der Waals surface area contributed by atoms with Crippen LogP contribution < -0.4 is 4.90 Å². The average molecular weight is 335 g/mol. The van der Waals surface area contributed by atoms with E-state index in [0.717, 1.165) is 37.6 Å². The van der Waals surface area contributed by atoms with Gasteiger partial charge < -0.3 is 14.3 Å². The quantitative estimate of drug-likeness (QED) is 0.730. The van der Waals surface area contributed by atoms with Gasteiger partial charge in [0.15, 0.2) is 5.82 Å². The van der Waals surface area contributed by atoms with Crippen molar-refractivity contribution >= 4 is 5.82 Å². The first-order valence-electron chi connectivity index (χ1n) is 8.54. The largest absolute Gasteiger partial charge is 0.354 e. The summed E-state index contributed by atoms with van der Waals surface area (Å²) in [4.78, 5) is 13.7. The molecule has 0 N–H and O–H groups in total. The number of pyridine rings is 1. The summed E-state index contributed by atoms with van der Waals surface area (Å²) in [6.45, 7) is 4.14. The van der Waals surface area contributed by atoms with E-state index in [1.165, 1.54) is 5.56 Å². The molecule has 0 unspecified atom stereocenters. The van der Waals surface area contributed by atoms with Crippen LogP contribution in [0.25, 0.3) is 11.5 Å². The standard InChI is InChI=1S/C19H21N5O/c1-23-9-11-24(12-10-23)18-8-7-16(14-20-18)19-21-17(22-25-19)13-15-5-3-2-4-6-15/h2-8,14H,9-13H2,1H3. The Morgan fingerprint density at radius 2 is 1.80 bits per heavy atom. The minimum Gasteiger partial charge on any atom is -0.354 e. The van der Waals surface area contributed by atoms with Crippen LogP contribution in [0.15, 0.2) is 53.2 Å². The van der Waals surface area contributed by atoms with Gasteiger partial charge in [0.2, 0.25) is 0 Å². The molecule has 0 bridgehead atoms. The van der Waals surface area contributed by atoms with E-state index in [2.05, 4.69) is 44.1 Å². The number of aromatic nitrogens is 3. The molecule has 6 heteroatoms. The monoisotopic (exact) mass is 335 g/mol. The van der Waals surface area contributed by atoms with Crippen LogP contribution in [0.3, 0.4) is 0 Å². The molecule has 1 aliphatic rings. The van der Waals surface area contributed by atoms with E-state index in [0.29, 0.717) is 18.1 Å². The number of hydrogen-bond acceptors (Lipinski definition) is 6. The van der Waals surface area contributed by atoms with E-state index in [9.17, 15) is 0 Å². The Balaban J connectivity index is 1.45. The van der Waals surface area contributed by atoms with Crippen molar-refractivity contribution in [2.45, 2.75) is 6.42 Å². The van der Waals surface area contributed by atoms with Crippen LogP contribution in [-0.2, 0) is 6.42 Å². The third-order valence-corrected chi connectivity index (χ3v) is 4.50. The molecule has 0 aliphatic carbocycles. The van der Waals surface area contributed by atoms with Gasteiger partial charge in [-0.3, -0.25) is 0 Å². The number of piperazine rings is 1. The van der Waals surface area contributed by atoms with Gasteiger partial charge in [-0.15, -0.1) is 0 Å². The summed E-state index contributed by atoms with van der Waals surface area (Å²) >= 11 is 0. The van der Waals surface area contributed by atoms with Gasteiger partial charge in [-0.05, 0) is 24.7 Å². The molecule has 2 aromatic heterocycles. The van der Waals surface area contributed by atoms with E-state index in [4.69, 9.17) is 4.52 Å². The molecular formula is C19H21N5O. The first kappa shape index (κ1) is 15.8. The average Bonchev–Trinajstić information content (AvgIpc) is 3.12. The van der Waals surface area contributed by atoms with Gasteiger partial charge in [-0.25, -0.2) is 4.98 Å². The molecule has 1 saturated heterocycles. The highest BCUT2D eigenvalue weighted by atomic mass is 16.5. The third kappa shape index (κ3) is 3.69. The number of benzene rings is 1. The van der Waals surface area contributed by atoms with Crippen LogP contribution in [0.2, 0.25) is 0 Å². The van der Waals surface area contributed by atoms with Gasteiger partial charge >= 0.3 is 0 Å². The van der Waals surface area contributed by atoms with E-state index < -0.39 is 0 Å². The van der Waals surface area contributed by atoms with Crippen molar-refractivity contribution in [3.63, 3.8) is 0 Å². The smallest absolute Gasteiger partial charge is 0.259 e. The summed E-state index contributed by atoms with van der Waals surface area (Å²) in [5, 5.41) is 4.08. The predicted molar refractivity (Wildman–Crippen MR) is 96.5 cm³/mol. The van der Waals surface area contributed by atoms with E-state index in [-0.39, 0.29) is 0 Å². The zero-order chi connectivity index (χ0) is 17.1. The molecule has 0 spiro atoms. The minimum atomic E-state index is 0.517. The summed E-state index contributed by atoms with van der Waals surface area (Å²) in [6.07, 6.45) is 2.48. The van der Waals surface area contributed by atoms with Crippen molar-refractivity contribution in [1.82, 2.24) is 20.0 Å². The highest BCUT2D eigenvalue weighted by Crippen LogP contribution is 2.20. The number of hydrogen-bond donors (Lipinski definition) is 0. The normalized spacial score (nSPS) is 15.5. The fraction of sp³-hybridized carbons (Fsp3) is 0.316. The van der Waals surface area contributed by atoms with Crippen LogP contribution in [-0.4, -0.2) is 53.3 Å². The molecule has 1 aromatic carbocycles. The van der Waals surface area contributed by atoms with Gasteiger partial charge in [0, 0.05) is 38.8 Å². The van der Waals surface area contributed by atoms with E-state index >= 15 is 0 Å². The lowest BCUT2D eigenvalue weighted by Gasteiger charge is -2.33. The van der Waals surface area contributed by atoms with Crippen LogP contribution in [0.5, 0.6) is 0 Å². The van der Waals surface area contributed by atoms with E-state index in [1.807, 2.05) is 36.5 Å². The first-order chi connectivity index (χ1) is 12.3. The maximum atomic E-state index is 5.40. The molecule has 0 atom stereocenters. The Labute approximate surface area is 147 Å². The fourth-order valence-electron chi connectivity index (χ4n) is 2.96. The highest BCUT2D eigenvalue weighted by molar-refractivity contribution is 5.54. The number of rotatable bonds is 4. The molecule has 6 nitrogen and oxygen atoms in total. The maximum absolute atomic E-state index is 5.40. The molecule has 1 fully saturated rings. The second kappa shape index (κ2) is 7.03. The van der Waals surface area contributed by atoms with Gasteiger partial charge in [-0.2, -0.15) is 4.98 Å². The van der Waals surface area contributed by atoms with Crippen molar-refractivity contribution < 1.29 is 4.52 Å². The highest BCUT2D eigenvalue weighted by Gasteiger charge is 2.16. The molecule has 3 aromatic rings. The SMILES string of the molecule is CN1CCN(c2ccc(-c3nc(Cc4ccccc4)no3)cn2)CC1. The minimum absolute atomic E-state index is 0.517. The molecule has 0 radical (unpaired) electrons.